The molecule has 1 aromatic heterocycles. The second kappa shape index (κ2) is 7.14. The van der Waals surface area contributed by atoms with Gasteiger partial charge < -0.3 is 10.6 Å². The second-order valence-corrected chi connectivity index (χ2v) is 6.50. The number of benzene rings is 1. The molecule has 0 fully saturated rings. The molecule has 1 aliphatic rings. The lowest BCUT2D eigenvalue weighted by Crippen LogP contribution is -2.35. The van der Waals surface area contributed by atoms with Crippen LogP contribution in [0.25, 0.3) is 0 Å². The van der Waals surface area contributed by atoms with Crippen LogP contribution < -0.4 is 10.6 Å². The van der Waals surface area contributed by atoms with E-state index in [0.29, 0.717) is 10.7 Å². The molecule has 2 aromatic rings. The van der Waals surface area contributed by atoms with Crippen molar-refractivity contribution in [3.05, 3.63) is 53.5 Å². The minimum absolute atomic E-state index is 0.0810. The topological polar surface area (TPSA) is 71.1 Å². The SMILES string of the molecule is O=C(CC1Sc2ncccc2NC1=O)NCc1cc(F)c(F)c(F)c1. The van der Waals surface area contributed by atoms with Crippen LogP contribution in [0.2, 0.25) is 0 Å². The quantitative estimate of drug-likeness (QED) is 0.815. The molecule has 0 saturated heterocycles. The van der Waals surface area contributed by atoms with E-state index in [9.17, 15) is 22.8 Å². The van der Waals surface area contributed by atoms with E-state index in [0.717, 1.165) is 12.1 Å². The Morgan fingerprint density at radius 2 is 2.00 bits per heavy atom. The van der Waals surface area contributed by atoms with Crippen LogP contribution in [0.5, 0.6) is 0 Å². The van der Waals surface area contributed by atoms with Crippen LogP contribution in [0.4, 0.5) is 18.9 Å². The van der Waals surface area contributed by atoms with Gasteiger partial charge in [0.25, 0.3) is 0 Å². The summed E-state index contributed by atoms with van der Waals surface area (Å²) in [7, 11) is 0. The van der Waals surface area contributed by atoms with Crippen LogP contribution in [0.3, 0.4) is 0 Å². The highest BCUT2D eigenvalue weighted by Gasteiger charge is 2.29. The molecule has 1 aliphatic heterocycles. The molecular formula is C16H12F3N3O2S. The first kappa shape index (κ1) is 17.3. The second-order valence-electron chi connectivity index (χ2n) is 5.31. The number of thioether (sulfide) groups is 1. The lowest BCUT2D eigenvalue weighted by atomic mass is 10.2. The number of halogens is 3. The fraction of sp³-hybridized carbons (Fsp3) is 0.188. The number of amides is 2. The van der Waals surface area contributed by atoms with Gasteiger partial charge in [0.15, 0.2) is 17.5 Å². The van der Waals surface area contributed by atoms with Crippen molar-refractivity contribution in [2.45, 2.75) is 23.2 Å². The van der Waals surface area contributed by atoms with E-state index in [1.54, 1.807) is 18.3 Å². The first-order valence-corrected chi connectivity index (χ1v) is 8.14. The number of carbonyl (C=O) groups is 2. The fourth-order valence-corrected chi connectivity index (χ4v) is 3.30. The predicted octanol–water partition coefficient (Wildman–Crippen LogP) is 2.62. The molecule has 9 heteroatoms. The van der Waals surface area contributed by atoms with Crippen molar-refractivity contribution in [2.75, 3.05) is 5.32 Å². The summed E-state index contributed by atoms with van der Waals surface area (Å²) >= 11 is 1.17. The van der Waals surface area contributed by atoms with E-state index < -0.39 is 28.6 Å². The molecule has 1 unspecified atom stereocenters. The molecule has 0 aliphatic carbocycles. The predicted molar refractivity (Wildman–Crippen MR) is 85.3 cm³/mol. The van der Waals surface area contributed by atoms with Crippen LogP contribution in [0.1, 0.15) is 12.0 Å². The first-order chi connectivity index (χ1) is 11.9. The number of pyridine rings is 1. The lowest BCUT2D eigenvalue weighted by molar-refractivity contribution is -0.124. The number of fused-ring (bicyclic) bond motifs is 1. The van der Waals surface area contributed by atoms with Gasteiger partial charge in [-0.15, -0.1) is 0 Å². The van der Waals surface area contributed by atoms with Gasteiger partial charge in [0.2, 0.25) is 11.8 Å². The van der Waals surface area contributed by atoms with Gasteiger partial charge in [-0.05, 0) is 29.8 Å². The van der Waals surface area contributed by atoms with Gasteiger partial charge in [-0.2, -0.15) is 0 Å². The number of hydrogen-bond acceptors (Lipinski definition) is 4. The van der Waals surface area contributed by atoms with E-state index in [4.69, 9.17) is 0 Å². The Bertz CT molecular complexity index is 824. The molecule has 130 valence electrons. The monoisotopic (exact) mass is 367 g/mol. The Balaban J connectivity index is 1.59. The Kier molecular flexibility index (Phi) is 4.93. The van der Waals surface area contributed by atoms with E-state index >= 15 is 0 Å². The number of rotatable bonds is 4. The Morgan fingerprint density at radius 1 is 1.28 bits per heavy atom. The van der Waals surface area contributed by atoms with Crippen molar-refractivity contribution in [2.24, 2.45) is 0 Å². The maximum Gasteiger partial charge on any atom is 0.238 e. The molecule has 25 heavy (non-hydrogen) atoms. The smallest absolute Gasteiger partial charge is 0.238 e. The lowest BCUT2D eigenvalue weighted by Gasteiger charge is -2.22. The zero-order valence-electron chi connectivity index (χ0n) is 12.7. The van der Waals surface area contributed by atoms with Crippen LogP contribution in [0, 0.1) is 17.5 Å². The minimum Gasteiger partial charge on any atom is -0.352 e. The number of nitrogens with zero attached hydrogens (tertiary/aromatic N) is 1. The Hall–Kier alpha value is -2.55. The zero-order valence-corrected chi connectivity index (χ0v) is 13.5. The van der Waals surface area contributed by atoms with E-state index in [1.165, 1.54) is 11.8 Å². The summed E-state index contributed by atoms with van der Waals surface area (Å²) in [6, 6.07) is 5.01. The minimum atomic E-state index is -1.56. The van der Waals surface area contributed by atoms with Crippen LogP contribution in [-0.2, 0) is 16.1 Å². The summed E-state index contributed by atoms with van der Waals surface area (Å²) in [5, 5.41) is 5.07. The fourth-order valence-electron chi connectivity index (χ4n) is 2.27. The van der Waals surface area contributed by atoms with Gasteiger partial charge in [-0.3, -0.25) is 9.59 Å². The highest BCUT2D eigenvalue weighted by atomic mass is 32.2. The van der Waals surface area contributed by atoms with Crippen molar-refractivity contribution in [1.82, 2.24) is 10.3 Å². The molecule has 2 N–H and O–H groups in total. The molecule has 3 rings (SSSR count). The molecule has 0 saturated carbocycles. The van der Waals surface area contributed by atoms with Crippen molar-refractivity contribution in [3.63, 3.8) is 0 Å². The molecule has 2 heterocycles. The summed E-state index contributed by atoms with van der Waals surface area (Å²) in [6.07, 6.45) is 1.46. The maximum atomic E-state index is 13.1. The summed E-state index contributed by atoms with van der Waals surface area (Å²) in [5.74, 6) is -5.00. The van der Waals surface area contributed by atoms with E-state index in [2.05, 4.69) is 15.6 Å². The van der Waals surface area contributed by atoms with Gasteiger partial charge in [-0.1, -0.05) is 11.8 Å². The number of nitrogens with one attached hydrogen (secondary N) is 2. The van der Waals surface area contributed by atoms with Gasteiger partial charge >= 0.3 is 0 Å². The van der Waals surface area contributed by atoms with Crippen LogP contribution in [-0.4, -0.2) is 22.0 Å². The van der Waals surface area contributed by atoms with Gasteiger partial charge in [-0.25, -0.2) is 18.2 Å². The molecule has 0 radical (unpaired) electrons. The number of aromatic nitrogens is 1. The van der Waals surface area contributed by atoms with Gasteiger partial charge in [0, 0.05) is 19.2 Å². The number of anilines is 1. The first-order valence-electron chi connectivity index (χ1n) is 7.26. The summed E-state index contributed by atoms with van der Waals surface area (Å²) in [5.41, 5.74) is 0.670. The average Bonchev–Trinajstić information content (AvgIpc) is 2.58. The number of hydrogen-bond donors (Lipinski definition) is 2. The Labute approximate surface area is 145 Å². The highest BCUT2D eigenvalue weighted by Crippen LogP contribution is 2.34. The molecular weight excluding hydrogens is 355 g/mol. The van der Waals surface area contributed by atoms with Crippen molar-refractivity contribution >= 4 is 29.3 Å². The third-order valence-corrected chi connectivity index (χ3v) is 4.69. The molecule has 0 bridgehead atoms. The molecule has 5 nitrogen and oxygen atoms in total. The number of carbonyl (C=O) groups excluding carboxylic acids is 2. The molecule has 1 atom stereocenters. The van der Waals surface area contributed by atoms with Gasteiger partial charge in [0.1, 0.15) is 5.03 Å². The molecule has 0 spiro atoms. The summed E-state index contributed by atoms with van der Waals surface area (Å²) < 4.78 is 39.2. The molecule has 2 amide bonds. The summed E-state index contributed by atoms with van der Waals surface area (Å²) in [6.45, 7) is -0.180. The Morgan fingerprint density at radius 3 is 2.72 bits per heavy atom. The third kappa shape index (κ3) is 3.93. The highest BCUT2D eigenvalue weighted by molar-refractivity contribution is 8.00. The maximum absolute atomic E-state index is 13.1. The average molecular weight is 367 g/mol. The largest absolute Gasteiger partial charge is 0.352 e. The molecule has 1 aromatic carbocycles. The van der Waals surface area contributed by atoms with Crippen LogP contribution in [0.15, 0.2) is 35.5 Å². The normalized spacial score (nSPS) is 16.1. The summed E-state index contributed by atoms with van der Waals surface area (Å²) in [4.78, 5) is 28.1. The van der Waals surface area contributed by atoms with Gasteiger partial charge in [0.05, 0.1) is 10.9 Å². The van der Waals surface area contributed by atoms with E-state index in [1.807, 2.05) is 0 Å². The third-order valence-electron chi connectivity index (χ3n) is 3.48. The standard InChI is InChI=1S/C16H12F3N3O2S/c17-9-4-8(5-10(18)14(9)19)7-21-13(23)6-12-15(24)22-11-2-1-3-20-16(11)25-12/h1-5,12H,6-7H2,(H,21,23)(H,22,24). The zero-order chi connectivity index (χ0) is 18.0. The van der Waals surface area contributed by atoms with E-state index in [-0.39, 0.29) is 24.4 Å². The van der Waals surface area contributed by atoms with Crippen molar-refractivity contribution in [1.29, 1.82) is 0 Å². The van der Waals surface area contributed by atoms with Crippen molar-refractivity contribution < 1.29 is 22.8 Å². The van der Waals surface area contributed by atoms with Crippen molar-refractivity contribution in [3.8, 4) is 0 Å². The van der Waals surface area contributed by atoms with Crippen LogP contribution >= 0.6 is 11.8 Å².